The Bertz CT molecular complexity index is 616. The monoisotopic (exact) mass is 432 g/mol. The predicted octanol–water partition coefficient (Wildman–Crippen LogP) is 7.08. The minimum Gasteiger partial charge on any atom is -0.393 e. The Morgan fingerprint density at radius 3 is 2.19 bits per heavy atom. The van der Waals surface area contributed by atoms with Gasteiger partial charge in [-0.2, -0.15) is 0 Å². The maximum atomic E-state index is 11.4. The van der Waals surface area contributed by atoms with Gasteiger partial charge in [0, 0.05) is 0 Å². The summed E-state index contributed by atoms with van der Waals surface area (Å²) < 4.78 is 0. The van der Waals surface area contributed by atoms with Gasteiger partial charge in [0.05, 0.1) is 12.2 Å². The maximum Gasteiger partial charge on any atom is 0.0577 e. The number of hydrogen-bond acceptors (Lipinski definition) is 2. The Balaban J connectivity index is 1.49. The minimum atomic E-state index is -0.141. The second-order valence-corrected chi connectivity index (χ2v) is 13.4. The topological polar surface area (TPSA) is 40.5 Å². The van der Waals surface area contributed by atoms with Crippen LogP contribution in [-0.2, 0) is 0 Å². The molecule has 2 N–H and O–H groups in total. The van der Waals surface area contributed by atoms with Crippen molar-refractivity contribution < 1.29 is 10.2 Å². The molecule has 2 heteroatoms. The van der Waals surface area contributed by atoms with Gasteiger partial charge < -0.3 is 10.2 Å². The lowest BCUT2D eigenvalue weighted by Crippen LogP contribution is -2.58. The van der Waals surface area contributed by atoms with Crippen LogP contribution in [0.4, 0.5) is 0 Å². The van der Waals surface area contributed by atoms with Crippen molar-refractivity contribution in [1.82, 2.24) is 0 Å². The van der Waals surface area contributed by atoms with Gasteiger partial charge in [-0.3, -0.25) is 0 Å². The third-order valence-corrected chi connectivity index (χ3v) is 11.9. The molecule has 0 aliphatic heterocycles. The zero-order chi connectivity index (χ0) is 22.6. The quantitative estimate of drug-likeness (QED) is 0.471. The van der Waals surface area contributed by atoms with Gasteiger partial charge in [-0.15, -0.1) is 0 Å². The van der Waals surface area contributed by atoms with Crippen molar-refractivity contribution in [2.75, 3.05) is 0 Å². The van der Waals surface area contributed by atoms with E-state index in [1.54, 1.807) is 0 Å². The molecule has 0 aromatic heterocycles. The van der Waals surface area contributed by atoms with E-state index < -0.39 is 0 Å². The van der Waals surface area contributed by atoms with E-state index in [4.69, 9.17) is 0 Å². The average molecular weight is 433 g/mol. The molecule has 4 fully saturated rings. The van der Waals surface area contributed by atoms with Gasteiger partial charge >= 0.3 is 0 Å². The van der Waals surface area contributed by atoms with Crippen molar-refractivity contribution in [3.8, 4) is 0 Å². The number of aliphatic hydroxyl groups is 2. The largest absolute Gasteiger partial charge is 0.393 e. The van der Waals surface area contributed by atoms with Crippen LogP contribution in [-0.4, -0.2) is 22.4 Å². The zero-order valence-electron chi connectivity index (χ0n) is 21.4. The molecule has 4 rings (SSSR count). The van der Waals surface area contributed by atoms with E-state index in [-0.39, 0.29) is 12.2 Å². The van der Waals surface area contributed by atoms with Crippen molar-refractivity contribution in [3.05, 3.63) is 0 Å². The number of hydrogen-bond donors (Lipinski definition) is 2. The molecule has 0 bridgehead atoms. The first-order chi connectivity index (χ1) is 14.6. The molecular weight excluding hydrogens is 380 g/mol. The van der Waals surface area contributed by atoms with Crippen molar-refractivity contribution >= 4 is 0 Å². The Morgan fingerprint density at radius 2 is 1.52 bits per heavy atom. The third-order valence-electron chi connectivity index (χ3n) is 11.9. The molecule has 31 heavy (non-hydrogen) atoms. The molecule has 0 radical (unpaired) electrons. The summed E-state index contributed by atoms with van der Waals surface area (Å²) in [6, 6.07) is 0. The van der Waals surface area contributed by atoms with Crippen LogP contribution in [0.2, 0.25) is 0 Å². The smallest absolute Gasteiger partial charge is 0.0577 e. The first kappa shape index (κ1) is 24.1. The standard InChI is InChI=1S/C29H52O2/c1-7-20(18(2)3)9-8-19(4)23-10-11-24-27-25(13-15-29(23,24)6)28(5)14-12-22(30)16-21(28)17-26(27)31/h18-27,30-31H,7-17H2,1-6H3/t19-,20?,21?,22?,23?,24?,25?,26?,27?,28?,29?/m1/s1. The Hall–Kier alpha value is -0.0800. The summed E-state index contributed by atoms with van der Waals surface area (Å²) in [5.74, 6) is 5.75. The zero-order valence-corrected chi connectivity index (χ0v) is 21.4. The number of aliphatic hydroxyl groups excluding tert-OH is 2. The first-order valence-corrected chi connectivity index (χ1v) is 14.0. The summed E-state index contributed by atoms with van der Waals surface area (Å²) in [6.07, 6.45) is 13.2. The molecule has 11 atom stereocenters. The first-order valence-electron chi connectivity index (χ1n) is 14.0. The van der Waals surface area contributed by atoms with E-state index >= 15 is 0 Å². The Morgan fingerprint density at radius 1 is 0.839 bits per heavy atom. The molecule has 2 nitrogen and oxygen atoms in total. The van der Waals surface area contributed by atoms with Gasteiger partial charge in [0.2, 0.25) is 0 Å². The summed E-state index contributed by atoms with van der Waals surface area (Å²) in [5, 5.41) is 21.7. The number of fused-ring (bicyclic) bond motifs is 5. The maximum absolute atomic E-state index is 11.4. The SMILES string of the molecule is CCC(CC[C@@H](C)C1CCC2C3C(O)CC4CC(O)CCC4(C)C3CCC21C)C(C)C. The molecule has 4 aliphatic carbocycles. The molecule has 0 saturated heterocycles. The third kappa shape index (κ3) is 4.05. The van der Waals surface area contributed by atoms with E-state index in [2.05, 4.69) is 41.5 Å². The fraction of sp³-hybridized carbons (Fsp3) is 1.00. The average Bonchev–Trinajstić information content (AvgIpc) is 3.06. The Labute approximate surface area is 193 Å². The lowest BCUT2D eigenvalue weighted by Gasteiger charge is -2.62. The highest BCUT2D eigenvalue weighted by atomic mass is 16.3. The van der Waals surface area contributed by atoms with Gasteiger partial charge in [-0.25, -0.2) is 0 Å². The lowest BCUT2D eigenvalue weighted by molar-refractivity contribution is -0.174. The van der Waals surface area contributed by atoms with Crippen LogP contribution in [0.1, 0.15) is 112 Å². The van der Waals surface area contributed by atoms with Crippen LogP contribution >= 0.6 is 0 Å². The molecule has 0 heterocycles. The lowest BCUT2D eigenvalue weighted by atomic mass is 9.43. The van der Waals surface area contributed by atoms with Gasteiger partial charge in [-0.1, -0.05) is 54.4 Å². The summed E-state index contributed by atoms with van der Waals surface area (Å²) in [4.78, 5) is 0. The fourth-order valence-electron chi connectivity index (χ4n) is 9.86. The van der Waals surface area contributed by atoms with Crippen LogP contribution in [0.15, 0.2) is 0 Å². The Kier molecular flexibility index (Phi) is 6.93. The van der Waals surface area contributed by atoms with Crippen LogP contribution in [0.25, 0.3) is 0 Å². The second-order valence-electron chi connectivity index (χ2n) is 13.4. The van der Waals surface area contributed by atoms with Gasteiger partial charge in [0.1, 0.15) is 0 Å². The fourth-order valence-corrected chi connectivity index (χ4v) is 9.86. The van der Waals surface area contributed by atoms with Crippen molar-refractivity contribution in [1.29, 1.82) is 0 Å². The van der Waals surface area contributed by atoms with Gasteiger partial charge in [0.15, 0.2) is 0 Å². The highest BCUT2D eigenvalue weighted by Gasteiger charge is 2.62. The van der Waals surface area contributed by atoms with E-state index in [1.807, 2.05) is 0 Å². The predicted molar refractivity (Wildman–Crippen MR) is 130 cm³/mol. The summed E-state index contributed by atoms with van der Waals surface area (Å²) in [5.41, 5.74) is 0.776. The van der Waals surface area contributed by atoms with Crippen LogP contribution in [0.3, 0.4) is 0 Å². The van der Waals surface area contributed by atoms with Crippen LogP contribution in [0.5, 0.6) is 0 Å². The highest BCUT2D eigenvalue weighted by Crippen LogP contribution is 2.68. The van der Waals surface area contributed by atoms with E-state index in [0.29, 0.717) is 34.5 Å². The second kappa shape index (κ2) is 8.94. The van der Waals surface area contributed by atoms with Crippen molar-refractivity contribution in [2.24, 2.45) is 58.2 Å². The van der Waals surface area contributed by atoms with Crippen LogP contribution < -0.4 is 0 Å². The van der Waals surface area contributed by atoms with E-state index in [1.165, 1.54) is 51.4 Å². The minimum absolute atomic E-state index is 0.134. The molecule has 10 unspecified atom stereocenters. The molecule has 0 aromatic carbocycles. The van der Waals surface area contributed by atoms with Gasteiger partial charge in [0.25, 0.3) is 0 Å². The molecule has 0 spiro atoms. The van der Waals surface area contributed by atoms with E-state index in [9.17, 15) is 10.2 Å². The van der Waals surface area contributed by atoms with Gasteiger partial charge in [-0.05, 0) is 116 Å². The summed E-state index contributed by atoms with van der Waals surface area (Å²) in [6.45, 7) is 14.9. The van der Waals surface area contributed by atoms with Crippen molar-refractivity contribution in [3.63, 3.8) is 0 Å². The molecular formula is C29H52O2. The molecule has 0 aromatic rings. The highest BCUT2D eigenvalue weighted by molar-refractivity contribution is 5.11. The van der Waals surface area contributed by atoms with Crippen molar-refractivity contribution in [2.45, 2.75) is 124 Å². The number of rotatable bonds is 6. The molecule has 4 aliphatic rings. The molecule has 4 saturated carbocycles. The normalized spacial score (nSPS) is 49.3. The molecule has 0 amide bonds. The summed E-state index contributed by atoms with van der Waals surface area (Å²) >= 11 is 0. The molecule has 180 valence electrons. The van der Waals surface area contributed by atoms with Crippen LogP contribution in [0, 0.1) is 58.2 Å². The van der Waals surface area contributed by atoms with E-state index in [0.717, 1.165) is 42.9 Å². The summed E-state index contributed by atoms with van der Waals surface area (Å²) in [7, 11) is 0.